The molecule has 0 radical (unpaired) electrons. The fourth-order valence-corrected chi connectivity index (χ4v) is 7.65. The molecule has 6 rings (SSSR count). The molecule has 2 fully saturated rings. The number of nitrogens with zero attached hydrogens (tertiary/aromatic N) is 8. The summed E-state index contributed by atoms with van der Waals surface area (Å²) in [5.41, 5.74) is 24.5. The summed E-state index contributed by atoms with van der Waals surface area (Å²) >= 11 is 3.10. The lowest BCUT2D eigenvalue weighted by Gasteiger charge is -2.16. The number of nitrogens with two attached hydrogens (primary N) is 4. The second kappa shape index (κ2) is 17.5. The van der Waals surface area contributed by atoms with Gasteiger partial charge in [-0.2, -0.15) is 23.5 Å². The van der Waals surface area contributed by atoms with Gasteiger partial charge < -0.3 is 63.0 Å². The maximum atomic E-state index is 10.4. The average molecular weight is 741 g/mol. The monoisotopic (exact) mass is 740 g/mol. The third-order valence-electron chi connectivity index (χ3n) is 8.30. The van der Waals surface area contributed by atoms with Crippen LogP contribution in [0.25, 0.3) is 22.3 Å². The number of aromatic nitrogens is 8. The van der Waals surface area contributed by atoms with Gasteiger partial charge in [-0.3, -0.25) is 9.13 Å². The number of imidazole rings is 2. The summed E-state index contributed by atoms with van der Waals surface area (Å²) < 4.78 is 14.8. The van der Waals surface area contributed by atoms with E-state index in [1.165, 1.54) is 25.3 Å². The predicted molar refractivity (Wildman–Crippen MR) is 185 cm³/mol. The molecule has 2 aliphatic heterocycles. The topological polar surface area (TPSA) is 331 Å². The Kier molecular flexibility index (Phi) is 13.4. The molecule has 0 spiro atoms. The molecule has 6 heterocycles. The van der Waals surface area contributed by atoms with Gasteiger partial charge in [-0.1, -0.05) is 0 Å². The minimum atomic E-state index is -1.11. The molecule has 0 bridgehead atoms. The molecule has 4 aromatic heterocycles. The van der Waals surface area contributed by atoms with Gasteiger partial charge in [-0.25, -0.2) is 29.9 Å². The summed E-state index contributed by atoms with van der Waals surface area (Å²) in [7, 11) is 0. The zero-order valence-corrected chi connectivity index (χ0v) is 28.6. The van der Waals surface area contributed by atoms with Crippen molar-refractivity contribution >= 4 is 57.5 Å². The molecular formula is C28H44N12O8S2. The van der Waals surface area contributed by atoms with Crippen molar-refractivity contribution in [2.24, 2.45) is 11.5 Å². The van der Waals surface area contributed by atoms with Crippen LogP contribution >= 0.6 is 23.5 Å². The number of ether oxygens (including phenoxy) is 2. The number of nitrogen functional groups attached to an aromatic ring is 2. The van der Waals surface area contributed by atoms with E-state index in [1.54, 1.807) is 32.7 Å². The van der Waals surface area contributed by atoms with Gasteiger partial charge in [0.15, 0.2) is 35.4 Å². The second-order valence-electron chi connectivity index (χ2n) is 11.9. The van der Waals surface area contributed by atoms with Crippen LogP contribution in [0.2, 0.25) is 0 Å². The normalized spacial score (nSPS) is 27.8. The number of hydrogen-bond acceptors (Lipinski definition) is 20. The molecule has 50 heavy (non-hydrogen) atoms. The first-order valence-corrected chi connectivity index (χ1v) is 18.1. The van der Waals surface area contributed by atoms with Crippen LogP contribution in [0.4, 0.5) is 11.6 Å². The highest BCUT2D eigenvalue weighted by molar-refractivity contribution is 7.99. The molecule has 14 N–H and O–H groups in total. The summed E-state index contributed by atoms with van der Waals surface area (Å²) in [5, 5.41) is 59.0. The van der Waals surface area contributed by atoms with E-state index in [2.05, 4.69) is 29.9 Å². The van der Waals surface area contributed by atoms with Gasteiger partial charge in [0.05, 0.1) is 38.1 Å². The van der Waals surface area contributed by atoms with Gasteiger partial charge in [-0.05, 0) is 24.3 Å². The maximum absolute atomic E-state index is 10.4. The van der Waals surface area contributed by atoms with Crippen molar-refractivity contribution in [1.82, 2.24) is 39.0 Å². The molecule has 0 unspecified atom stereocenters. The van der Waals surface area contributed by atoms with Gasteiger partial charge in [0.2, 0.25) is 0 Å². The van der Waals surface area contributed by atoms with Crippen LogP contribution in [-0.4, -0.2) is 155 Å². The largest absolute Gasteiger partial charge is 0.395 e. The molecule has 2 aliphatic rings. The van der Waals surface area contributed by atoms with E-state index < -0.39 is 49.1 Å². The van der Waals surface area contributed by atoms with Gasteiger partial charge in [0.1, 0.15) is 48.1 Å². The fraction of sp³-hybridized carbons (Fsp3) is 0.643. The highest BCUT2D eigenvalue weighted by atomic mass is 32.2. The second-order valence-corrected chi connectivity index (χ2v) is 14.2. The minimum absolute atomic E-state index is 0.0530. The van der Waals surface area contributed by atoms with Crippen molar-refractivity contribution < 1.29 is 40.1 Å². The molecule has 0 aromatic carbocycles. The zero-order valence-electron chi connectivity index (χ0n) is 26.9. The molecule has 0 amide bonds. The van der Waals surface area contributed by atoms with E-state index in [1.807, 2.05) is 0 Å². The summed E-state index contributed by atoms with van der Waals surface area (Å²) in [6, 6.07) is -0.495. The third-order valence-corrected chi connectivity index (χ3v) is 10.5. The number of fused-ring (bicyclic) bond motifs is 2. The van der Waals surface area contributed by atoms with Crippen LogP contribution in [0, 0.1) is 0 Å². The third kappa shape index (κ3) is 8.54. The molecule has 0 saturated carbocycles. The van der Waals surface area contributed by atoms with E-state index in [9.17, 15) is 20.4 Å². The maximum Gasteiger partial charge on any atom is 0.167 e. The molecule has 2 saturated heterocycles. The molecule has 20 nitrogen and oxygen atoms in total. The minimum Gasteiger partial charge on any atom is -0.395 e. The Hall–Kier alpha value is -3.00. The lowest BCUT2D eigenvalue weighted by atomic mass is 10.1. The summed E-state index contributed by atoms with van der Waals surface area (Å²) in [5.74, 6) is 2.93. The molecule has 0 aliphatic carbocycles. The zero-order chi connectivity index (χ0) is 35.9. The van der Waals surface area contributed by atoms with Crippen LogP contribution in [0.3, 0.4) is 0 Å². The Balaban J connectivity index is 0.000000194. The number of anilines is 2. The Bertz CT molecular complexity index is 1550. The van der Waals surface area contributed by atoms with Crippen LogP contribution in [0.15, 0.2) is 25.3 Å². The average Bonchev–Trinajstić information content (AvgIpc) is 3.88. The van der Waals surface area contributed by atoms with E-state index in [-0.39, 0.29) is 36.9 Å². The summed E-state index contributed by atoms with van der Waals surface area (Å²) in [4.78, 5) is 24.3. The van der Waals surface area contributed by atoms with Gasteiger partial charge in [-0.15, -0.1) is 0 Å². The molecule has 22 heteroatoms. The molecule has 4 aromatic rings. The smallest absolute Gasteiger partial charge is 0.167 e. The van der Waals surface area contributed by atoms with Gasteiger partial charge in [0, 0.05) is 23.6 Å². The van der Waals surface area contributed by atoms with Crippen LogP contribution in [-0.2, 0) is 9.47 Å². The Morgan fingerprint density at radius 2 is 1.04 bits per heavy atom. The van der Waals surface area contributed by atoms with E-state index in [0.29, 0.717) is 46.7 Å². The molecule has 10 atom stereocenters. The van der Waals surface area contributed by atoms with Crippen LogP contribution in [0.5, 0.6) is 0 Å². The first-order valence-electron chi connectivity index (χ1n) is 15.8. The first kappa shape index (κ1) is 38.2. The van der Waals surface area contributed by atoms with Crippen molar-refractivity contribution in [2.75, 3.05) is 47.7 Å². The Morgan fingerprint density at radius 3 is 1.42 bits per heavy atom. The predicted octanol–water partition coefficient (Wildman–Crippen LogP) is -3.06. The molecular weight excluding hydrogens is 697 g/mol. The summed E-state index contributed by atoms with van der Waals surface area (Å²) in [6.45, 7) is -0.106. The van der Waals surface area contributed by atoms with Crippen molar-refractivity contribution in [2.45, 2.75) is 74.0 Å². The lowest BCUT2D eigenvalue weighted by molar-refractivity contribution is -0.0289. The van der Waals surface area contributed by atoms with E-state index >= 15 is 0 Å². The van der Waals surface area contributed by atoms with Gasteiger partial charge >= 0.3 is 0 Å². The van der Waals surface area contributed by atoms with E-state index in [0.717, 1.165) is 11.5 Å². The summed E-state index contributed by atoms with van der Waals surface area (Å²) in [6.07, 6.45) is -0.0804. The Morgan fingerprint density at radius 1 is 0.640 bits per heavy atom. The van der Waals surface area contributed by atoms with Crippen molar-refractivity contribution in [3.63, 3.8) is 0 Å². The van der Waals surface area contributed by atoms with Crippen molar-refractivity contribution in [1.29, 1.82) is 0 Å². The SMILES string of the molecule is Nc1ncnc2c1ncn2[C@@H]1O[C@H](CSCC[C@@H](N)CO)[C@@H](O)[C@H]1O.Nc1ncnc2c1ncn2[C@@H]1O[C@H](CSCC[C@H](N)CO)[C@@H](O)[C@H]1O. The number of aliphatic hydroxyl groups is 6. The highest BCUT2D eigenvalue weighted by Crippen LogP contribution is 2.34. The fourth-order valence-electron chi connectivity index (χ4n) is 5.36. The van der Waals surface area contributed by atoms with Crippen molar-refractivity contribution in [3.8, 4) is 0 Å². The highest BCUT2D eigenvalue weighted by Gasteiger charge is 2.45. The van der Waals surface area contributed by atoms with Crippen molar-refractivity contribution in [3.05, 3.63) is 25.3 Å². The number of hydrogen-bond donors (Lipinski definition) is 10. The first-order chi connectivity index (χ1) is 24.0. The lowest BCUT2D eigenvalue weighted by Crippen LogP contribution is -2.32. The number of thioether (sulfide) groups is 2. The molecule has 276 valence electrons. The van der Waals surface area contributed by atoms with Crippen LogP contribution in [0.1, 0.15) is 25.3 Å². The number of aliphatic hydroxyl groups excluding tert-OH is 6. The van der Waals surface area contributed by atoms with Crippen LogP contribution < -0.4 is 22.9 Å². The Labute approximate surface area is 294 Å². The van der Waals surface area contributed by atoms with Gasteiger partial charge in [0.25, 0.3) is 0 Å². The quantitative estimate of drug-likeness (QED) is 0.0574. The standard InChI is InChI=1S/2C14H22N6O4S/c2*15-7(3-21)1-2-25-4-8-10(22)11(23)14(24-8)20-6-19-9-12(16)17-5-18-13(9)20/h2*5-8,10-11,14,21-23H,1-4,15H2,(H2,16,17,18)/t7-,8+,10+,11+,14+;7-,8-,10-,11-,14-/m01/s1. The van der Waals surface area contributed by atoms with E-state index in [4.69, 9.17) is 42.6 Å². The number of rotatable bonds is 14.